The molecule has 1 N–H and O–H groups in total. The molecule has 32 heavy (non-hydrogen) atoms. The number of carbonyl (C=O) groups is 2. The van der Waals surface area contributed by atoms with Crippen molar-refractivity contribution in [1.29, 1.82) is 0 Å². The fourth-order valence-electron chi connectivity index (χ4n) is 5.85. The number of hydrogen-bond acceptors (Lipinski definition) is 4. The van der Waals surface area contributed by atoms with Crippen LogP contribution in [-0.4, -0.2) is 63.9 Å². The van der Waals surface area contributed by atoms with Gasteiger partial charge in [0.05, 0.1) is 18.3 Å². The molecule has 7 nitrogen and oxygen atoms in total. The second-order valence-corrected chi connectivity index (χ2v) is 10.1. The van der Waals surface area contributed by atoms with Gasteiger partial charge in [-0.05, 0) is 58.7 Å². The van der Waals surface area contributed by atoms with E-state index in [0.29, 0.717) is 24.4 Å². The number of rotatable bonds is 6. The van der Waals surface area contributed by atoms with E-state index in [2.05, 4.69) is 10.2 Å². The number of amides is 2. The smallest absolute Gasteiger partial charge is 0.271 e. The Bertz CT molecular complexity index is 965. The SMILES string of the molecule is C[C@]1(C(=O)NC2CCCCCC2)Cn2c(cc3occc32)C(=O)N1CCCN1CCCC1. The molecule has 1 aliphatic carbocycles. The molecular formula is C25H36N4O3. The third-order valence-electron chi connectivity index (χ3n) is 7.78. The van der Waals surface area contributed by atoms with Gasteiger partial charge in [-0.2, -0.15) is 0 Å². The molecule has 0 radical (unpaired) electrons. The van der Waals surface area contributed by atoms with Crippen LogP contribution >= 0.6 is 0 Å². The molecule has 0 spiro atoms. The van der Waals surface area contributed by atoms with E-state index >= 15 is 0 Å². The van der Waals surface area contributed by atoms with Crippen LogP contribution in [0.3, 0.4) is 0 Å². The highest BCUT2D eigenvalue weighted by Crippen LogP contribution is 2.33. The zero-order chi connectivity index (χ0) is 22.1. The van der Waals surface area contributed by atoms with Crippen molar-refractivity contribution in [3.8, 4) is 0 Å². The Labute approximate surface area is 190 Å². The average molecular weight is 441 g/mol. The summed E-state index contributed by atoms with van der Waals surface area (Å²) in [5.74, 6) is -0.0856. The molecule has 2 aromatic rings. The molecule has 2 amide bonds. The summed E-state index contributed by atoms with van der Waals surface area (Å²) < 4.78 is 7.55. The molecule has 0 unspecified atom stereocenters. The van der Waals surface area contributed by atoms with Gasteiger partial charge in [0, 0.05) is 24.7 Å². The average Bonchev–Trinajstić information content (AvgIpc) is 3.47. The Morgan fingerprint density at radius 1 is 1.12 bits per heavy atom. The van der Waals surface area contributed by atoms with Crippen molar-refractivity contribution in [2.75, 3.05) is 26.2 Å². The minimum Gasteiger partial charge on any atom is -0.463 e. The molecule has 1 atom stereocenters. The van der Waals surface area contributed by atoms with Gasteiger partial charge in [0.1, 0.15) is 11.2 Å². The monoisotopic (exact) mass is 440 g/mol. The lowest BCUT2D eigenvalue weighted by molar-refractivity contribution is -0.133. The molecule has 1 saturated heterocycles. The lowest BCUT2D eigenvalue weighted by Crippen LogP contribution is -2.65. The molecule has 0 aromatic carbocycles. The second kappa shape index (κ2) is 8.93. The standard InChI is InChI=1S/C25H36N4O3/c1-25(24(31)26-19-9-4-2-3-5-10-19)18-28-20-11-16-32-22(20)17-21(28)23(30)29(25)15-8-14-27-12-6-7-13-27/h11,16-17,19H,2-10,12-15,18H2,1H3,(H,26,31)/t25-/m1/s1. The molecule has 5 rings (SSSR count). The zero-order valence-electron chi connectivity index (χ0n) is 19.3. The van der Waals surface area contributed by atoms with Gasteiger partial charge in [0.2, 0.25) is 5.91 Å². The summed E-state index contributed by atoms with van der Waals surface area (Å²) in [5, 5.41) is 3.34. The highest BCUT2D eigenvalue weighted by atomic mass is 16.3. The van der Waals surface area contributed by atoms with Crippen molar-refractivity contribution in [3.05, 3.63) is 24.1 Å². The van der Waals surface area contributed by atoms with Crippen molar-refractivity contribution in [3.63, 3.8) is 0 Å². The van der Waals surface area contributed by atoms with Crippen molar-refractivity contribution >= 4 is 22.9 Å². The Morgan fingerprint density at radius 3 is 2.62 bits per heavy atom. The number of aromatic nitrogens is 1. The third kappa shape index (κ3) is 3.96. The van der Waals surface area contributed by atoms with Gasteiger partial charge >= 0.3 is 0 Å². The number of nitrogens with one attached hydrogen (secondary N) is 1. The van der Waals surface area contributed by atoms with Gasteiger partial charge in [-0.15, -0.1) is 0 Å². The number of fused-ring (bicyclic) bond motifs is 3. The van der Waals surface area contributed by atoms with Crippen LogP contribution in [0.15, 0.2) is 22.8 Å². The van der Waals surface area contributed by atoms with Crippen LogP contribution in [0.5, 0.6) is 0 Å². The van der Waals surface area contributed by atoms with Crippen molar-refractivity contribution in [1.82, 2.24) is 19.7 Å². The molecule has 1 saturated carbocycles. The summed E-state index contributed by atoms with van der Waals surface area (Å²) in [5.41, 5.74) is 1.31. The summed E-state index contributed by atoms with van der Waals surface area (Å²) >= 11 is 0. The van der Waals surface area contributed by atoms with Crippen LogP contribution in [-0.2, 0) is 11.3 Å². The Kier molecular flexibility index (Phi) is 6.01. The number of carbonyl (C=O) groups excluding carboxylic acids is 2. The number of likely N-dealkylation sites (tertiary alicyclic amines) is 1. The van der Waals surface area contributed by atoms with Crippen LogP contribution in [0, 0.1) is 0 Å². The first kappa shape index (κ1) is 21.6. The first-order valence-electron chi connectivity index (χ1n) is 12.5. The molecule has 0 bridgehead atoms. The molecule has 174 valence electrons. The summed E-state index contributed by atoms with van der Waals surface area (Å²) in [6, 6.07) is 3.93. The van der Waals surface area contributed by atoms with E-state index in [1.54, 1.807) is 6.26 Å². The molecule has 2 aromatic heterocycles. The summed E-state index contributed by atoms with van der Waals surface area (Å²) in [6.07, 6.45) is 11.9. The van der Waals surface area contributed by atoms with E-state index < -0.39 is 5.54 Å². The van der Waals surface area contributed by atoms with E-state index in [1.165, 1.54) is 25.7 Å². The molecule has 3 aliphatic rings. The van der Waals surface area contributed by atoms with E-state index in [1.807, 2.05) is 28.5 Å². The quantitative estimate of drug-likeness (QED) is 0.694. The third-order valence-corrected chi connectivity index (χ3v) is 7.78. The van der Waals surface area contributed by atoms with Gasteiger partial charge in [0.25, 0.3) is 5.91 Å². The maximum atomic E-state index is 13.7. The highest BCUT2D eigenvalue weighted by Gasteiger charge is 2.48. The minimum absolute atomic E-state index is 0.0186. The normalized spacial score (nSPS) is 25.3. The maximum absolute atomic E-state index is 13.7. The fourth-order valence-corrected chi connectivity index (χ4v) is 5.85. The summed E-state index contributed by atoms with van der Waals surface area (Å²) in [4.78, 5) is 31.7. The zero-order valence-corrected chi connectivity index (χ0v) is 19.3. The van der Waals surface area contributed by atoms with E-state index in [0.717, 1.165) is 57.3 Å². The lowest BCUT2D eigenvalue weighted by Gasteiger charge is -2.44. The number of nitrogens with zero attached hydrogens (tertiary/aromatic N) is 3. The lowest BCUT2D eigenvalue weighted by atomic mass is 9.93. The minimum atomic E-state index is -0.912. The Morgan fingerprint density at radius 2 is 1.88 bits per heavy atom. The van der Waals surface area contributed by atoms with Gasteiger partial charge in [-0.3, -0.25) is 9.59 Å². The van der Waals surface area contributed by atoms with Crippen molar-refractivity contribution in [2.45, 2.75) is 82.8 Å². The van der Waals surface area contributed by atoms with Crippen molar-refractivity contribution < 1.29 is 14.0 Å². The van der Waals surface area contributed by atoms with Gasteiger partial charge in [-0.1, -0.05) is 25.7 Å². The number of hydrogen-bond donors (Lipinski definition) is 1. The predicted molar refractivity (Wildman–Crippen MR) is 124 cm³/mol. The molecule has 2 aliphatic heterocycles. The molecule has 2 fully saturated rings. The van der Waals surface area contributed by atoms with Gasteiger partial charge in [0.15, 0.2) is 5.58 Å². The fraction of sp³-hybridized carbons (Fsp3) is 0.680. The summed E-state index contributed by atoms with van der Waals surface area (Å²) in [6.45, 7) is 6.27. The number of furan rings is 1. The van der Waals surface area contributed by atoms with E-state index in [9.17, 15) is 9.59 Å². The van der Waals surface area contributed by atoms with Gasteiger partial charge in [-0.25, -0.2) is 0 Å². The van der Waals surface area contributed by atoms with E-state index in [-0.39, 0.29) is 17.9 Å². The topological polar surface area (TPSA) is 70.7 Å². The van der Waals surface area contributed by atoms with Crippen molar-refractivity contribution in [2.24, 2.45) is 0 Å². The Balaban J connectivity index is 1.39. The second-order valence-electron chi connectivity index (χ2n) is 10.1. The van der Waals surface area contributed by atoms with E-state index in [4.69, 9.17) is 4.42 Å². The van der Waals surface area contributed by atoms with Crippen LogP contribution in [0.2, 0.25) is 0 Å². The highest BCUT2D eigenvalue weighted by molar-refractivity contribution is 6.02. The van der Waals surface area contributed by atoms with Crippen LogP contribution in [0.25, 0.3) is 11.1 Å². The van der Waals surface area contributed by atoms with Crippen LogP contribution in [0.1, 0.15) is 75.2 Å². The molecule has 4 heterocycles. The Hall–Kier alpha value is -2.28. The predicted octanol–water partition coefficient (Wildman–Crippen LogP) is 3.77. The molecular weight excluding hydrogens is 404 g/mol. The van der Waals surface area contributed by atoms with Crippen LogP contribution in [0.4, 0.5) is 0 Å². The van der Waals surface area contributed by atoms with Gasteiger partial charge < -0.3 is 24.1 Å². The summed E-state index contributed by atoms with van der Waals surface area (Å²) in [7, 11) is 0. The largest absolute Gasteiger partial charge is 0.463 e. The maximum Gasteiger partial charge on any atom is 0.271 e. The first-order chi connectivity index (χ1) is 15.6. The van der Waals surface area contributed by atoms with Crippen LogP contribution < -0.4 is 5.32 Å². The molecule has 7 heteroatoms. The first-order valence-corrected chi connectivity index (χ1v) is 12.5.